The molecule has 1 N–H and O–H groups in total. The quantitative estimate of drug-likeness (QED) is 0.402. The van der Waals surface area contributed by atoms with E-state index in [2.05, 4.69) is 72.8 Å². The third kappa shape index (κ3) is 3.20. The lowest BCUT2D eigenvalue weighted by Crippen LogP contribution is -2.65. The molecular formula is C32H52O4. The van der Waals surface area contributed by atoms with Crippen molar-refractivity contribution >= 4 is 0 Å². The van der Waals surface area contributed by atoms with Crippen LogP contribution in [0.2, 0.25) is 0 Å². The Labute approximate surface area is 220 Å². The maximum atomic E-state index is 11.0. The normalized spacial score (nSPS) is 50.1. The summed E-state index contributed by atoms with van der Waals surface area (Å²) < 4.78 is 18.8. The first kappa shape index (κ1) is 26.9. The molecule has 1 heterocycles. The van der Waals surface area contributed by atoms with Gasteiger partial charge in [-0.05, 0) is 87.4 Å². The van der Waals surface area contributed by atoms with Crippen LogP contribution < -0.4 is 0 Å². The van der Waals surface area contributed by atoms with Crippen molar-refractivity contribution in [2.75, 3.05) is 14.2 Å². The summed E-state index contributed by atoms with van der Waals surface area (Å²) in [5.74, 6) is 2.20. The van der Waals surface area contributed by atoms with Gasteiger partial charge in [0.05, 0.1) is 11.7 Å². The predicted molar refractivity (Wildman–Crippen MR) is 144 cm³/mol. The van der Waals surface area contributed by atoms with E-state index in [4.69, 9.17) is 14.2 Å². The molecule has 1 unspecified atom stereocenters. The molecule has 1 saturated heterocycles. The van der Waals surface area contributed by atoms with Crippen LogP contribution in [0.5, 0.6) is 0 Å². The SMILES string of the molecule is CO[C@@H]1O[C@]23C=C[C@@H]4[C@@]1(CC[C@]1(C)C([C@H](C)CC=CC(C)(C)OC)CC[C@@]41C)[C@@H]2CC[C@H](O)C3(C)C. The van der Waals surface area contributed by atoms with Crippen LogP contribution >= 0.6 is 0 Å². The van der Waals surface area contributed by atoms with Crippen molar-refractivity contribution < 1.29 is 19.3 Å². The Morgan fingerprint density at radius 1 is 1.06 bits per heavy atom. The summed E-state index contributed by atoms with van der Waals surface area (Å²) in [6, 6.07) is 0. The molecule has 2 bridgehead atoms. The molecule has 0 radical (unpaired) electrons. The Kier molecular flexibility index (Phi) is 6.28. The molecule has 0 aromatic rings. The molecule has 0 amide bonds. The largest absolute Gasteiger partial charge is 0.392 e. The van der Waals surface area contributed by atoms with Crippen LogP contribution in [0.15, 0.2) is 24.3 Å². The summed E-state index contributed by atoms with van der Waals surface area (Å²) in [5, 5.41) is 11.0. The Morgan fingerprint density at radius 2 is 1.78 bits per heavy atom. The molecule has 4 heteroatoms. The van der Waals surface area contributed by atoms with Crippen molar-refractivity contribution in [3.8, 4) is 0 Å². The van der Waals surface area contributed by atoms with Gasteiger partial charge in [0.15, 0.2) is 6.29 Å². The second-order valence-electron chi connectivity index (χ2n) is 14.7. The Morgan fingerprint density at radius 3 is 2.44 bits per heavy atom. The molecule has 4 fully saturated rings. The highest BCUT2D eigenvalue weighted by atomic mass is 16.7. The van der Waals surface area contributed by atoms with Gasteiger partial charge in [0.25, 0.3) is 0 Å². The topological polar surface area (TPSA) is 47.9 Å². The molecule has 4 nitrogen and oxygen atoms in total. The zero-order valence-corrected chi connectivity index (χ0v) is 24.4. The minimum Gasteiger partial charge on any atom is -0.392 e. The fraction of sp³-hybridized carbons (Fsp3) is 0.875. The number of ether oxygens (including phenoxy) is 3. The van der Waals surface area contributed by atoms with Crippen LogP contribution in [-0.4, -0.2) is 42.9 Å². The van der Waals surface area contributed by atoms with Gasteiger partial charge in [-0.15, -0.1) is 0 Å². The average molecular weight is 501 g/mol. The van der Waals surface area contributed by atoms with Gasteiger partial charge in [0.1, 0.15) is 5.60 Å². The van der Waals surface area contributed by atoms with Crippen molar-refractivity contribution in [3.05, 3.63) is 24.3 Å². The second kappa shape index (κ2) is 8.41. The number of methoxy groups -OCH3 is 2. The molecule has 204 valence electrons. The zero-order valence-electron chi connectivity index (χ0n) is 24.4. The van der Waals surface area contributed by atoms with E-state index in [1.54, 1.807) is 7.11 Å². The highest BCUT2D eigenvalue weighted by Gasteiger charge is 2.78. The number of rotatable bonds is 6. The Balaban J connectivity index is 1.49. The number of hydrogen-bond donors (Lipinski definition) is 1. The lowest BCUT2D eigenvalue weighted by molar-refractivity contribution is -0.225. The molecule has 1 spiro atoms. The highest BCUT2D eigenvalue weighted by molar-refractivity contribution is 5.34. The van der Waals surface area contributed by atoms with Gasteiger partial charge in [0.2, 0.25) is 0 Å². The van der Waals surface area contributed by atoms with Gasteiger partial charge in [-0.2, -0.15) is 0 Å². The first-order valence-electron chi connectivity index (χ1n) is 14.6. The summed E-state index contributed by atoms with van der Waals surface area (Å²) in [6.45, 7) is 16.3. The molecule has 1 aliphatic heterocycles. The molecule has 3 saturated carbocycles. The molecule has 5 rings (SSSR count). The molecule has 0 aromatic heterocycles. The molecule has 4 aliphatic carbocycles. The number of allylic oxidation sites excluding steroid dienone is 2. The number of fused-ring (bicyclic) bond motifs is 2. The maximum absolute atomic E-state index is 11.0. The van der Waals surface area contributed by atoms with E-state index < -0.39 is 5.60 Å². The summed E-state index contributed by atoms with van der Waals surface area (Å²) in [5.41, 5.74) is -0.460. The molecular weight excluding hydrogens is 448 g/mol. The molecule has 36 heavy (non-hydrogen) atoms. The average Bonchev–Trinajstić information content (AvgIpc) is 3.20. The van der Waals surface area contributed by atoms with Gasteiger partial charge in [-0.1, -0.05) is 58.9 Å². The lowest BCUT2D eigenvalue weighted by Gasteiger charge is -2.65. The highest BCUT2D eigenvalue weighted by Crippen LogP contribution is 2.78. The van der Waals surface area contributed by atoms with Gasteiger partial charge in [0, 0.05) is 31.0 Å². The van der Waals surface area contributed by atoms with Crippen molar-refractivity contribution in [1.82, 2.24) is 0 Å². The van der Waals surface area contributed by atoms with E-state index in [1.165, 1.54) is 19.3 Å². The van der Waals surface area contributed by atoms with Crippen LogP contribution in [0, 0.1) is 45.3 Å². The minimum absolute atomic E-state index is 0.00428. The molecule has 10 atom stereocenters. The van der Waals surface area contributed by atoms with Gasteiger partial charge in [-0.3, -0.25) is 0 Å². The summed E-state index contributed by atoms with van der Waals surface area (Å²) >= 11 is 0. The van der Waals surface area contributed by atoms with Crippen LogP contribution in [0.25, 0.3) is 0 Å². The smallest absolute Gasteiger partial charge is 0.164 e. The summed E-state index contributed by atoms with van der Waals surface area (Å²) in [7, 11) is 3.63. The predicted octanol–water partition coefficient (Wildman–Crippen LogP) is 6.92. The first-order chi connectivity index (χ1) is 16.8. The second-order valence-corrected chi connectivity index (χ2v) is 14.7. The minimum atomic E-state index is -0.434. The lowest BCUT2D eigenvalue weighted by atomic mass is 9.38. The van der Waals surface area contributed by atoms with Crippen LogP contribution in [0.3, 0.4) is 0 Å². The van der Waals surface area contributed by atoms with Crippen molar-refractivity contribution in [2.24, 2.45) is 45.3 Å². The van der Waals surface area contributed by atoms with Crippen LogP contribution in [-0.2, 0) is 14.2 Å². The molecule has 5 aliphatic rings. The van der Waals surface area contributed by atoms with Crippen molar-refractivity contribution in [1.29, 1.82) is 0 Å². The van der Waals surface area contributed by atoms with E-state index >= 15 is 0 Å². The van der Waals surface area contributed by atoms with Crippen LogP contribution in [0.4, 0.5) is 0 Å². The summed E-state index contributed by atoms with van der Waals surface area (Å²) in [6.07, 6.45) is 16.9. The standard InChI is InChI=1S/C32H52O4/c1-21(11-10-16-27(2,3)35-9)22-14-17-30(7)23-15-18-32-24(12-13-25(33)28(32,4)5)31(23,26(34-8)36-32)20-19-29(22,30)6/h10,15-16,18,21-26,33H,11-14,17,19-20H2,1-9H3/t21-,22?,23+,24+,25+,26-,29-,30+,31+,32-/m1/s1. The van der Waals surface area contributed by atoms with Gasteiger partial charge in [-0.25, -0.2) is 0 Å². The van der Waals surface area contributed by atoms with Crippen molar-refractivity contribution in [3.63, 3.8) is 0 Å². The zero-order chi connectivity index (χ0) is 26.4. The van der Waals surface area contributed by atoms with Crippen LogP contribution in [0.1, 0.15) is 93.4 Å². The third-order valence-corrected chi connectivity index (χ3v) is 12.9. The fourth-order valence-electron chi connectivity index (χ4n) is 10.3. The van der Waals surface area contributed by atoms with E-state index in [9.17, 15) is 5.11 Å². The first-order valence-corrected chi connectivity index (χ1v) is 14.6. The number of hydrogen-bond acceptors (Lipinski definition) is 4. The van der Waals surface area contributed by atoms with E-state index in [-0.39, 0.29) is 34.2 Å². The van der Waals surface area contributed by atoms with E-state index in [0.29, 0.717) is 29.1 Å². The summed E-state index contributed by atoms with van der Waals surface area (Å²) in [4.78, 5) is 0. The van der Waals surface area contributed by atoms with Crippen molar-refractivity contribution in [2.45, 2.75) is 117 Å². The Bertz CT molecular complexity index is 921. The monoisotopic (exact) mass is 500 g/mol. The number of aliphatic hydroxyl groups excluding tert-OH is 1. The maximum Gasteiger partial charge on any atom is 0.164 e. The van der Waals surface area contributed by atoms with E-state index in [0.717, 1.165) is 25.7 Å². The van der Waals surface area contributed by atoms with E-state index in [1.807, 2.05) is 7.11 Å². The molecule has 0 aromatic carbocycles. The fourth-order valence-corrected chi connectivity index (χ4v) is 10.3. The number of aliphatic hydroxyl groups is 1. The van der Waals surface area contributed by atoms with Gasteiger partial charge < -0.3 is 19.3 Å². The van der Waals surface area contributed by atoms with Gasteiger partial charge >= 0.3 is 0 Å². The Hall–Kier alpha value is -0.680. The third-order valence-electron chi connectivity index (χ3n) is 12.9.